The minimum Gasteiger partial charge on any atom is -0.393 e. The minimum absolute atomic E-state index is 0.0101. The third kappa shape index (κ3) is 1.72. The molecule has 3 nitrogen and oxygen atoms in total. The summed E-state index contributed by atoms with van der Waals surface area (Å²) in [6.07, 6.45) is 8.55. The molecule has 130 valence electrons. The van der Waals surface area contributed by atoms with Gasteiger partial charge in [-0.1, -0.05) is 22.9 Å². The van der Waals surface area contributed by atoms with E-state index < -0.39 is 0 Å². The number of aliphatic hydroxyl groups is 2. The van der Waals surface area contributed by atoms with Crippen LogP contribution < -0.4 is 0 Å². The quantitative estimate of drug-likeness (QED) is 0.630. The van der Waals surface area contributed by atoms with Gasteiger partial charge in [0.05, 0.1) is 29.2 Å². The Kier molecular flexibility index (Phi) is 3.22. The third-order valence-corrected chi connectivity index (χ3v) is 10.5. The Morgan fingerprint density at radius 2 is 1.87 bits per heavy atom. The summed E-state index contributed by atoms with van der Waals surface area (Å²) in [6.45, 7) is 3.22. The van der Waals surface area contributed by atoms with Crippen LogP contribution in [0.25, 0.3) is 0 Å². The lowest BCUT2D eigenvalue weighted by atomic mass is 9.45. The van der Waals surface area contributed by atoms with Crippen molar-refractivity contribution in [3.05, 3.63) is 0 Å². The standard InChI is InChI=1S/C19H29BrO3/c1-17-6-5-14-12(13(17)2-3-15(17)22)8-16-19(20)9-11(21)4-7-18(14,19)10-23-16/h11-16,21-22H,2-10H2,1H3/t11?,12?,13?,14?,15?,16?,17?,18?,19-/m0/s1. The molecule has 1 aliphatic heterocycles. The number of aliphatic hydroxyl groups excluding tert-OH is 2. The van der Waals surface area contributed by atoms with E-state index in [1.807, 2.05) is 0 Å². The first-order valence-corrected chi connectivity index (χ1v) is 10.4. The predicted octanol–water partition coefficient (Wildman–Crippen LogP) is 3.26. The topological polar surface area (TPSA) is 49.7 Å². The van der Waals surface area contributed by atoms with Gasteiger partial charge in [0.1, 0.15) is 0 Å². The van der Waals surface area contributed by atoms with Gasteiger partial charge in [0.15, 0.2) is 0 Å². The maximum Gasteiger partial charge on any atom is 0.0738 e. The van der Waals surface area contributed by atoms with Crippen LogP contribution in [0.5, 0.6) is 0 Å². The number of hydrogen-bond acceptors (Lipinski definition) is 3. The number of alkyl halides is 1. The summed E-state index contributed by atoms with van der Waals surface area (Å²) in [5.41, 5.74) is 0.354. The second-order valence-corrected chi connectivity index (χ2v) is 10.9. The molecule has 8 unspecified atom stereocenters. The Morgan fingerprint density at radius 1 is 1.04 bits per heavy atom. The summed E-state index contributed by atoms with van der Waals surface area (Å²) in [6, 6.07) is 0. The van der Waals surface area contributed by atoms with Crippen LogP contribution in [-0.4, -0.2) is 39.5 Å². The van der Waals surface area contributed by atoms with E-state index in [-0.39, 0.29) is 33.5 Å². The first kappa shape index (κ1) is 15.6. The van der Waals surface area contributed by atoms with E-state index in [9.17, 15) is 10.2 Å². The smallest absolute Gasteiger partial charge is 0.0738 e. The number of rotatable bonds is 0. The van der Waals surface area contributed by atoms with Crippen molar-refractivity contribution in [3.8, 4) is 0 Å². The average molecular weight is 385 g/mol. The van der Waals surface area contributed by atoms with Gasteiger partial charge >= 0.3 is 0 Å². The lowest BCUT2D eigenvalue weighted by molar-refractivity contribution is -0.112. The van der Waals surface area contributed by atoms with Gasteiger partial charge in [-0.3, -0.25) is 0 Å². The zero-order valence-corrected chi connectivity index (χ0v) is 15.6. The van der Waals surface area contributed by atoms with Crippen LogP contribution in [0, 0.1) is 28.6 Å². The van der Waals surface area contributed by atoms with Crippen molar-refractivity contribution < 1.29 is 14.9 Å². The highest BCUT2D eigenvalue weighted by Gasteiger charge is 2.72. The molecule has 4 aliphatic carbocycles. The van der Waals surface area contributed by atoms with Gasteiger partial charge in [0, 0.05) is 5.41 Å². The summed E-state index contributed by atoms with van der Waals surface area (Å²) in [5.74, 6) is 2.08. The SMILES string of the molecule is CC12CCC3C(CC4OCC35CCC(O)C[C@]45Br)C1CCC2O. The molecule has 0 spiro atoms. The molecular formula is C19H29BrO3. The third-order valence-electron chi connectivity index (χ3n) is 8.92. The fourth-order valence-corrected chi connectivity index (χ4v) is 8.98. The van der Waals surface area contributed by atoms with Crippen molar-refractivity contribution in [2.75, 3.05) is 6.61 Å². The van der Waals surface area contributed by atoms with E-state index in [4.69, 9.17) is 4.74 Å². The molecule has 5 rings (SSSR count). The molecule has 0 radical (unpaired) electrons. The van der Waals surface area contributed by atoms with Crippen LogP contribution >= 0.6 is 15.9 Å². The van der Waals surface area contributed by atoms with Crippen LogP contribution in [0.15, 0.2) is 0 Å². The molecule has 2 N–H and O–H groups in total. The highest BCUT2D eigenvalue weighted by Crippen LogP contribution is 2.72. The van der Waals surface area contributed by atoms with Crippen molar-refractivity contribution in [2.45, 2.75) is 80.9 Å². The van der Waals surface area contributed by atoms with E-state index in [0.717, 1.165) is 45.1 Å². The van der Waals surface area contributed by atoms with Crippen molar-refractivity contribution in [1.29, 1.82) is 0 Å². The lowest BCUT2D eigenvalue weighted by Gasteiger charge is -2.62. The Hall–Kier alpha value is 0.360. The largest absolute Gasteiger partial charge is 0.393 e. The van der Waals surface area contributed by atoms with Crippen molar-refractivity contribution in [2.24, 2.45) is 28.6 Å². The molecule has 0 aromatic heterocycles. The fourth-order valence-electron chi connectivity index (χ4n) is 7.68. The zero-order chi connectivity index (χ0) is 16.0. The highest BCUT2D eigenvalue weighted by atomic mass is 79.9. The zero-order valence-electron chi connectivity index (χ0n) is 14.0. The summed E-state index contributed by atoms with van der Waals surface area (Å²) < 4.78 is 6.34. The van der Waals surface area contributed by atoms with Gasteiger partial charge in [-0.2, -0.15) is 0 Å². The van der Waals surface area contributed by atoms with Gasteiger partial charge in [-0.25, -0.2) is 0 Å². The second-order valence-electron chi connectivity index (χ2n) is 9.47. The first-order chi connectivity index (χ1) is 10.9. The van der Waals surface area contributed by atoms with Crippen LogP contribution in [-0.2, 0) is 4.74 Å². The van der Waals surface area contributed by atoms with E-state index in [1.165, 1.54) is 12.8 Å². The molecule has 0 aromatic carbocycles. The average Bonchev–Trinajstić information content (AvgIpc) is 2.88. The van der Waals surface area contributed by atoms with Crippen molar-refractivity contribution in [1.82, 2.24) is 0 Å². The van der Waals surface area contributed by atoms with Crippen molar-refractivity contribution in [3.63, 3.8) is 0 Å². The van der Waals surface area contributed by atoms with Gasteiger partial charge in [-0.05, 0) is 74.5 Å². The van der Waals surface area contributed by atoms with Gasteiger partial charge < -0.3 is 14.9 Å². The maximum atomic E-state index is 10.6. The normalized spacial score (nSPS) is 64.2. The fraction of sp³-hybridized carbons (Fsp3) is 1.00. The van der Waals surface area contributed by atoms with Crippen LogP contribution in [0.4, 0.5) is 0 Å². The van der Waals surface area contributed by atoms with E-state index in [0.29, 0.717) is 17.8 Å². The van der Waals surface area contributed by atoms with Crippen LogP contribution in [0.1, 0.15) is 58.3 Å². The molecule has 0 amide bonds. The number of ether oxygens (including phenoxy) is 1. The number of hydrogen-bond donors (Lipinski definition) is 2. The summed E-state index contributed by atoms with van der Waals surface area (Å²) in [4.78, 5) is 0. The monoisotopic (exact) mass is 384 g/mol. The molecule has 5 aliphatic rings. The summed E-state index contributed by atoms with van der Waals surface area (Å²) in [7, 11) is 0. The minimum atomic E-state index is -0.176. The lowest BCUT2D eigenvalue weighted by Crippen LogP contribution is -2.63. The summed E-state index contributed by atoms with van der Waals surface area (Å²) >= 11 is 4.12. The summed E-state index contributed by atoms with van der Waals surface area (Å²) in [5, 5.41) is 20.8. The second kappa shape index (κ2) is 4.75. The molecule has 2 bridgehead atoms. The first-order valence-electron chi connectivity index (χ1n) is 9.57. The molecule has 1 heterocycles. The highest BCUT2D eigenvalue weighted by molar-refractivity contribution is 9.10. The molecular weight excluding hydrogens is 356 g/mol. The number of fused-ring (bicyclic) bond motifs is 3. The molecule has 5 fully saturated rings. The molecule has 4 saturated carbocycles. The van der Waals surface area contributed by atoms with E-state index >= 15 is 0 Å². The van der Waals surface area contributed by atoms with Gasteiger partial charge in [-0.15, -0.1) is 0 Å². The molecule has 4 heteroatoms. The molecule has 0 aromatic rings. The van der Waals surface area contributed by atoms with Crippen molar-refractivity contribution >= 4 is 15.9 Å². The maximum absolute atomic E-state index is 10.6. The number of halogens is 1. The van der Waals surface area contributed by atoms with Gasteiger partial charge in [0.2, 0.25) is 0 Å². The Balaban J connectivity index is 1.55. The molecule has 23 heavy (non-hydrogen) atoms. The Bertz CT molecular complexity index is 527. The van der Waals surface area contributed by atoms with E-state index in [2.05, 4.69) is 22.9 Å². The molecule has 9 atom stereocenters. The van der Waals surface area contributed by atoms with Crippen LogP contribution in [0.3, 0.4) is 0 Å². The Morgan fingerprint density at radius 3 is 2.70 bits per heavy atom. The predicted molar refractivity (Wildman–Crippen MR) is 91.4 cm³/mol. The van der Waals surface area contributed by atoms with E-state index in [1.54, 1.807) is 0 Å². The molecule has 1 saturated heterocycles. The Labute approximate surface area is 147 Å². The van der Waals surface area contributed by atoms with Crippen LogP contribution in [0.2, 0.25) is 0 Å². The van der Waals surface area contributed by atoms with Gasteiger partial charge in [0.25, 0.3) is 0 Å².